The zero-order chi connectivity index (χ0) is 15.4. The van der Waals surface area contributed by atoms with Gasteiger partial charge in [0.05, 0.1) is 0 Å². The molecule has 21 heavy (non-hydrogen) atoms. The third-order valence-corrected chi connectivity index (χ3v) is 3.83. The lowest BCUT2D eigenvalue weighted by atomic mass is 9.94. The Hall–Kier alpha value is -1.67. The van der Waals surface area contributed by atoms with Gasteiger partial charge in [0, 0.05) is 6.04 Å². The lowest BCUT2D eigenvalue weighted by Crippen LogP contribution is -2.27. The van der Waals surface area contributed by atoms with Crippen molar-refractivity contribution in [1.29, 1.82) is 0 Å². The minimum atomic E-state index is -0.162. The van der Waals surface area contributed by atoms with Crippen LogP contribution in [0.3, 0.4) is 0 Å². The first-order valence-electron chi connectivity index (χ1n) is 7.60. The van der Waals surface area contributed by atoms with Gasteiger partial charge >= 0.3 is 0 Å². The molecule has 0 bridgehead atoms. The molecule has 0 aliphatic heterocycles. The molecule has 1 unspecified atom stereocenters. The minimum absolute atomic E-state index is 0.162. The molecule has 1 N–H and O–H groups in total. The van der Waals surface area contributed by atoms with Crippen molar-refractivity contribution in [2.75, 3.05) is 6.54 Å². The van der Waals surface area contributed by atoms with E-state index in [0.29, 0.717) is 6.04 Å². The Balaban J connectivity index is 2.23. The Bertz CT molecular complexity index is 578. The first-order chi connectivity index (χ1) is 10.0. The van der Waals surface area contributed by atoms with Gasteiger partial charge in [0.1, 0.15) is 5.82 Å². The zero-order valence-corrected chi connectivity index (χ0v) is 13.3. The molecular weight excluding hydrogens is 261 g/mol. The van der Waals surface area contributed by atoms with E-state index in [2.05, 4.69) is 43.4 Å². The maximum atomic E-state index is 13.4. The Labute approximate surface area is 127 Å². The van der Waals surface area contributed by atoms with Crippen LogP contribution in [0.5, 0.6) is 0 Å². The summed E-state index contributed by atoms with van der Waals surface area (Å²) in [5, 5.41) is 3.42. The van der Waals surface area contributed by atoms with Gasteiger partial charge in [-0.2, -0.15) is 0 Å². The number of benzene rings is 2. The summed E-state index contributed by atoms with van der Waals surface area (Å²) in [6, 6.07) is 12.3. The summed E-state index contributed by atoms with van der Waals surface area (Å²) in [4.78, 5) is 0. The highest BCUT2D eigenvalue weighted by Crippen LogP contribution is 2.28. The van der Waals surface area contributed by atoms with Crippen molar-refractivity contribution in [3.05, 3.63) is 58.9 Å². The van der Waals surface area contributed by atoms with Crippen molar-refractivity contribution >= 4 is 0 Å². The van der Waals surface area contributed by atoms with Crippen LogP contribution in [0.1, 0.15) is 30.5 Å². The number of halogens is 1. The van der Waals surface area contributed by atoms with Crippen LogP contribution in [-0.4, -0.2) is 12.6 Å². The second-order valence-corrected chi connectivity index (χ2v) is 5.77. The number of likely N-dealkylation sites (N-methyl/N-ethyl adjacent to an activating group) is 1. The summed E-state index contributed by atoms with van der Waals surface area (Å²) >= 11 is 0. The number of aryl methyl sites for hydroxylation is 2. The second kappa shape index (κ2) is 6.86. The zero-order valence-electron chi connectivity index (χ0n) is 13.3. The molecule has 0 saturated heterocycles. The van der Waals surface area contributed by atoms with Gasteiger partial charge in [0.25, 0.3) is 0 Å². The molecule has 112 valence electrons. The molecule has 0 fully saturated rings. The van der Waals surface area contributed by atoms with E-state index >= 15 is 0 Å². The summed E-state index contributed by atoms with van der Waals surface area (Å²) in [6.07, 6.45) is 1.02. The maximum absolute atomic E-state index is 13.4. The van der Waals surface area contributed by atoms with E-state index in [-0.39, 0.29) is 5.82 Å². The monoisotopic (exact) mass is 285 g/mol. The van der Waals surface area contributed by atoms with Gasteiger partial charge in [-0.3, -0.25) is 0 Å². The summed E-state index contributed by atoms with van der Waals surface area (Å²) in [5.74, 6) is -0.162. The van der Waals surface area contributed by atoms with Crippen LogP contribution in [0.4, 0.5) is 4.39 Å². The van der Waals surface area contributed by atoms with Crippen molar-refractivity contribution in [1.82, 2.24) is 5.32 Å². The Morgan fingerprint density at radius 1 is 1.05 bits per heavy atom. The van der Waals surface area contributed by atoms with E-state index in [1.807, 2.05) is 13.8 Å². The van der Waals surface area contributed by atoms with Crippen LogP contribution in [-0.2, 0) is 6.42 Å². The summed E-state index contributed by atoms with van der Waals surface area (Å²) < 4.78 is 13.4. The van der Waals surface area contributed by atoms with E-state index in [9.17, 15) is 4.39 Å². The van der Waals surface area contributed by atoms with E-state index in [0.717, 1.165) is 35.2 Å². The van der Waals surface area contributed by atoms with Crippen LogP contribution < -0.4 is 5.32 Å². The third-order valence-electron chi connectivity index (χ3n) is 3.83. The number of rotatable bonds is 5. The van der Waals surface area contributed by atoms with Crippen molar-refractivity contribution in [2.24, 2.45) is 0 Å². The van der Waals surface area contributed by atoms with E-state index in [4.69, 9.17) is 0 Å². The molecule has 0 aromatic heterocycles. The number of hydrogen-bond acceptors (Lipinski definition) is 1. The average Bonchev–Trinajstić information content (AvgIpc) is 2.39. The summed E-state index contributed by atoms with van der Waals surface area (Å²) in [6.45, 7) is 9.25. The van der Waals surface area contributed by atoms with Crippen LogP contribution in [0.15, 0.2) is 36.4 Å². The number of nitrogens with one attached hydrogen (secondary N) is 1. The van der Waals surface area contributed by atoms with Crippen molar-refractivity contribution < 1.29 is 4.39 Å². The van der Waals surface area contributed by atoms with Gasteiger partial charge in [0.15, 0.2) is 0 Å². The van der Waals surface area contributed by atoms with Crippen molar-refractivity contribution in [3.63, 3.8) is 0 Å². The predicted molar refractivity (Wildman–Crippen MR) is 88.2 cm³/mol. The first-order valence-corrected chi connectivity index (χ1v) is 7.60. The first kappa shape index (κ1) is 15.7. The van der Waals surface area contributed by atoms with E-state index in [1.54, 1.807) is 12.1 Å². The molecule has 0 spiro atoms. The molecule has 2 aromatic carbocycles. The Morgan fingerprint density at radius 3 is 2.14 bits per heavy atom. The molecule has 2 aromatic rings. The topological polar surface area (TPSA) is 12.0 Å². The minimum Gasteiger partial charge on any atom is -0.314 e. The SMILES string of the molecule is CCNC(C)Cc1ccc(-c2c(C)cc(F)cc2C)cc1. The van der Waals surface area contributed by atoms with Crippen molar-refractivity contribution in [3.8, 4) is 11.1 Å². The molecule has 0 aliphatic rings. The molecule has 0 aliphatic carbocycles. The lowest BCUT2D eigenvalue weighted by Gasteiger charge is -2.14. The van der Waals surface area contributed by atoms with Gasteiger partial charge in [-0.15, -0.1) is 0 Å². The second-order valence-electron chi connectivity index (χ2n) is 5.77. The van der Waals surface area contributed by atoms with Crippen LogP contribution in [0.25, 0.3) is 11.1 Å². The van der Waals surface area contributed by atoms with E-state index < -0.39 is 0 Å². The lowest BCUT2D eigenvalue weighted by molar-refractivity contribution is 0.565. The van der Waals surface area contributed by atoms with Gasteiger partial charge in [-0.05, 0) is 73.7 Å². The molecule has 0 amide bonds. The van der Waals surface area contributed by atoms with E-state index in [1.165, 1.54) is 5.56 Å². The quantitative estimate of drug-likeness (QED) is 0.843. The predicted octanol–water partition coefficient (Wildman–Crippen LogP) is 4.65. The molecule has 1 nitrogen and oxygen atoms in total. The average molecular weight is 285 g/mol. The third kappa shape index (κ3) is 3.92. The van der Waals surface area contributed by atoms with Gasteiger partial charge < -0.3 is 5.32 Å². The molecular formula is C19H24FN. The summed E-state index contributed by atoms with van der Waals surface area (Å²) in [7, 11) is 0. The molecule has 2 rings (SSSR count). The van der Waals surface area contributed by atoms with Gasteiger partial charge in [0.2, 0.25) is 0 Å². The molecule has 0 saturated carbocycles. The fourth-order valence-corrected chi connectivity index (χ4v) is 2.95. The van der Waals surface area contributed by atoms with Gasteiger partial charge in [-0.1, -0.05) is 31.2 Å². The number of hydrogen-bond donors (Lipinski definition) is 1. The molecule has 0 radical (unpaired) electrons. The molecule has 0 heterocycles. The Morgan fingerprint density at radius 2 is 1.62 bits per heavy atom. The molecule has 1 atom stereocenters. The molecule has 2 heteroatoms. The maximum Gasteiger partial charge on any atom is 0.123 e. The fourth-order valence-electron chi connectivity index (χ4n) is 2.95. The van der Waals surface area contributed by atoms with Crippen LogP contribution >= 0.6 is 0 Å². The summed E-state index contributed by atoms with van der Waals surface area (Å²) in [5.41, 5.74) is 5.60. The highest BCUT2D eigenvalue weighted by Gasteiger charge is 2.08. The highest BCUT2D eigenvalue weighted by molar-refractivity contribution is 5.70. The van der Waals surface area contributed by atoms with Gasteiger partial charge in [-0.25, -0.2) is 4.39 Å². The van der Waals surface area contributed by atoms with Crippen LogP contribution in [0, 0.1) is 19.7 Å². The highest BCUT2D eigenvalue weighted by atomic mass is 19.1. The smallest absolute Gasteiger partial charge is 0.123 e. The van der Waals surface area contributed by atoms with Crippen molar-refractivity contribution in [2.45, 2.75) is 40.2 Å². The normalized spacial score (nSPS) is 12.4. The van der Waals surface area contributed by atoms with Crippen LogP contribution in [0.2, 0.25) is 0 Å². The Kier molecular flexibility index (Phi) is 5.13. The standard InChI is InChI=1S/C19H24FN/c1-5-21-15(4)12-16-6-8-17(9-7-16)19-13(2)10-18(20)11-14(19)3/h6-11,15,21H,5,12H2,1-4H3. The fraction of sp³-hybridized carbons (Fsp3) is 0.368. The largest absolute Gasteiger partial charge is 0.314 e.